The van der Waals surface area contributed by atoms with E-state index in [0.29, 0.717) is 5.56 Å². The van der Waals surface area contributed by atoms with Gasteiger partial charge in [-0.3, -0.25) is 15.1 Å². The normalized spacial score (nSPS) is 10.9. The number of aliphatic imine (C=N–C) groups is 1. The van der Waals surface area contributed by atoms with Crippen LogP contribution in [-0.4, -0.2) is 17.7 Å². The van der Waals surface area contributed by atoms with Crippen molar-refractivity contribution in [2.75, 3.05) is 6.61 Å². The predicted octanol–water partition coefficient (Wildman–Crippen LogP) is 5.30. The van der Waals surface area contributed by atoms with E-state index in [1.54, 1.807) is 18.3 Å². The third-order valence-corrected chi connectivity index (χ3v) is 3.55. The smallest absolute Gasteiger partial charge is 0.270 e. The Morgan fingerprint density at radius 3 is 2.62 bits per heavy atom. The third-order valence-electron chi connectivity index (χ3n) is 3.55. The van der Waals surface area contributed by atoms with E-state index in [1.807, 2.05) is 24.3 Å². The van der Waals surface area contributed by atoms with Gasteiger partial charge in [-0.25, -0.2) is 0 Å². The number of hydrogen-bond donors (Lipinski definition) is 0. The lowest BCUT2D eigenvalue weighted by molar-refractivity contribution is -0.384. The number of nitro benzene ring substituents is 1. The molecule has 0 N–H and O–H groups in total. The van der Waals surface area contributed by atoms with Crippen LogP contribution in [0.4, 0.5) is 11.4 Å². The molecule has 0 heterocycles. The van der Waals surface area contributed by atoms with E-state index in [9.17, 15) is 10.1 Å². The van der Waals surface area contributed by atoms with Crippen molar-refractivity contribution in [1.29, 1.82) is 0 Å². The van der Waals surface area contributed by atoms with Gasteiger partial charge in [0.1, 0.15) is 5.75 Å². The molecule has 5 heteroatoms. The molecule has 0 saturated heterocycles. The highest BCUT2D eigenvalue weighted by Crippen LogP contribution is 2.19. The van der Waals surface area contributed by atoms with Crippen LogP contribution in [0.1, 0.15) is 38.2 Å². The maximum atomic E-state index is 10.8. The van der Waals surface area contributed by atoms with E-state index in [0.717, 1.165) is 24.5 Å². The van der Waals surface area contributed by atoms with Crippen molar-refractivity contribution in [2.45, 2.75) is 32.6 Å². The molecular weight excluding hydrogens is 304 g/mol. The zero-order valence-corrected chi connectivity index (χ0v) is 13.9. The molecule has 2 aromatic carbocycles. The van der Waals surface area contributed by atoms with Gasteiger partial charge >= 0.3 is 0 Å². The van der Waals surface area contributed by atoms with E-state index in [-0.39, 0.29) is 5.69 Å². The Kier molecular flexibility index (Phi) is 6.95. The van der Waals surface area contributed by atoms with E-state index in [2.05, 4.69) is 11.9 Å². The van der Waals surface area contributed by atoms with Crippen molar-refractivity contribution < 1.29 is 9.66 Å². The fourth-order valence-electron chi connectivity index (χ4n) is 2.22. The Morgan fingerprint density at radius 2 is 1.92 bits per heavy atom. The van der Waals surface area contributed by atoms with Gasteiger partial charge in [0.15, 0.2) is 0 Å². The second-order valence-electron chi connectivity index (χ2n) is 5.51. The number of benzene rings is 2. The molecule has 0 fully saturated rings. The summed E-state index contributed by atoms with van der Waals surface area (Å²) in [7, 11) is 0. The molecule has 0 spiro atoms. The van der Waals surface area contributed by atoms with Crippen molar-refractivity contribution in [3.8, 4) is 5.75 Å². The Bertz CT molecular complexity index is 681. The number of nitro groups is 1. The van der Waals surface area contributed by atoms with Crippen LogP contribution in [0.25, 0.3) is 0 Å². The second kappa shape index (κ2) is 9.45. The highest BCUT2D eigenvalue weighted by molar-refractivity contribution is 5.82. The average molecular weight is 326 g/mol. The SMILES string of the molecule is CCCCCCOc1ccc(/N=C/c2cccc([N+](=O)[O-])c2)cc1. The quantitative estimate of drug-likeness (QED) is 0.272. The van der Waals surface area contributed by atoms with Crippen LogP contribution in [0, 0.1) is 10.1 Å². The van der Waals surface area contributed by atoms with Crippen LogP contribution in [0.15, 0.2) is 53.5 Å². The van der Waals surface area contributed by atoms with E-state index < -0.39 is 4.92 Å². The number of nitrogens with zero attached hydrogens (tertiary/aromatic N) is 2. The number of non-ortho nitro benzene ring substituents is 1. The molecule has 126 valence electrons. The minimum atomic E-state index is -0.413. The topological polar surface area (TPSA) is 64.7 Å². The van der Waals surface area contributed by atoms with Gasteiger partial charge in [0.25, 0.3) is 5.69 Å². The van der Waals surface area contributed by atoms with Gasteiger partial charge in [-0.05, 0) is 36.2 Å². The molecule has 0 atom stereocenters. The second-order valence-corrected chi connectivity index (χ2v) is 5.51. The zero-order valence-electron chi connectivity index (χ0n) is 13.9. The van der Waals surface area contributed by atoms with Crippen molar-refractivity contribution in [3.63, 3.8) is 0 Å². The van der Waals surface area contributed by atoms with Gasteiger partial charge in [-0.1, -0.05) is 38.3 Å². The monoisotopic (exact) mass is 326 g/mol. The van der Waals surface area contributed by atoms with Crippen LogP contribution in [0.2, 0.25) is 0 Å². The highest BCUT2D eigenvalue weighted by atomic mass is 16.6. The Morgan fingerprint density at radius 1 is 1.12 bits per heavy atom. The summed E-state index contributed by atoms with van der Waals surface area (Å²) in [6, 6.07) is 13.9. The number of rotatable bonds is 9. The largest absolute Gasteiger partial charge is 0.494 e. The summed E-state index contributed by atoms with van der Waals surface area (Å²) in [6.07, 6.45) is 6.35. The first-order chi connectivity index (χ1) is 11.7. The van der Waals surface area contributed by atoms with Gasteiger partial charge in [-0.2, -0.15) is 0 Å². The molecule has 0 saturated carbocycles. The lowest BCUT2D eigenvalue weighted by atomic mass is 10.2. The van der Waals surface area contributed by atoms with Gasteiger partial charge < -0.3 is 4.74 Å². The molecule has 0 bridgehead atoms. The first-order valence-corrected chi connectivity index (χ1v) is 8.20. The third kappa shape index (κ3) is 5.83. The summed E-state index contributed by atoms with van der Waals surface area (Å²) < 4.78 is 5.69. The Hall–Kier alpha value is -2.69. The summed E-state index contributed by atoms with van der Waals surface area (Å²) in [5, 5.41) is 10.8. The maximum absolute atomic E-state index is 10.8. The lowest BCUT2D eigenvalue weighted by Gasteiger charge is -2.05. The van der Waals surface area contributed by atoms with Crippen molar-refractivity contribution >= 4 is 17.6 Å². The molecule has 2 rings (SSSR count). The van der Waals surface area contributed by atoms with Crippen LogP contribution in [0.5, 0.6) is 5.75 Å². The summed E-state index contributed by atoms with van der Waals surface area (Å²) in [5.41, 5.74) is 1.53. The van der Waals surface area contributed by atoms with Crippen molar-refractivity contribution in [3.05, 3.63) is 64.2 Å². The molecule has 0 aliphatic rings. The van der Waals surface area contributed by atoms with Crippen LogP contribution >= 0.6 is 0 Å². The Balaban J connectivity index is 1.89. The molecule has 2 aromatic rings. The van der Waals surface area contributed by atoms with Gasteiger partial charge in [0.05, 0.1) is 17.2 Å². The molecule has 5 nitrogen and oxygen atoms in total. The molecule has 0 radical (unpaired) electrons. The first kappa shape index (κ1) is 17.7. The van der Waals surface area contributed by atoms with Crippen LogP contribution < -0.4 is 4.74 Å². The average Bonchev–Trinajstić information content (AvgIpc) is 2.61. The van der Waals surface area contributed by atoms with Crippen molar-refractivity contribution in [2.24, 2.45) is 4.99 Å². The Labute approximate surface area is 142 Å². The van der Waals surface area contributed by atoms with Gasteiger partial charge in [-0.15, -0.1) is 0 Å². The summed E-state index contributed by atoms with van der Waals surface area (Å²) in [5.74, 6) is 0.834. The molecule has 0 aromatic heterocycles. The maximum Gasteiger partial charge on any atom is 0.270 e. The summed E-state index contributed by atoms with van der Waals surface area (Å²) in [6.45, 7) is 2.92. The van der Waals surface area contributed by atoms with Crippen LogP contribution in [-0.2, 0) is 0 Å². The lowest BCUT2D eigenvalue weighted by Crippen LogP contribution is -1.96. The molecule has 24 heavy (non-hydrogen) atoms. The standard InChI is InChI=1S/C19H22N2O3/c1-2-3-4-5-13-24-19-11-9-17(10-12-19)20-15-16-7-6-8-18(14-16)21(22)23/h6-12,14-15H,2-5,13H2,1H3/b20-15+. The number of unbranched alkanes of at least 4 members (excludes halogenated alkanes) is 3. The fraction of sp³-hybridized carbons (Fsp3) is 0.316. The minimum Gasteiger partial charge on any atom is -0.494 e. The predicted molar refractivity (Wildman–Crippen MR) is 96.4 cm³/mol. The van der Waals surface area contributed by atoms with Crippen LogP contribution in [0.3, 0.4) is 0 Å². The van der Waals surface area contributed by atoms with E-state index >= 15 is 0 Å². The molecule has 0 aliphatic carbocycles. The minimum absolute atomic E-state index is 0.0609. The fourth-order valence-corrected chi connectivity index (χ4v) is 2.22. The summed E-state index contributed by atoms with van der Waals surface area (Å²) >= 11 is 0. The first-order valence-electron chi connectivity index (χ1n) is 8.20. The van der Waals surface area contributed by atoms with E-state index in [1.165, 1.54) is 31.4 Å². The van der Waals surface area contributed by atoms with Gasteiger partial charge in [0, 0.05) is 18.3 Å². The highest BCUT2D eigenvalue weighted by Gasteiger charge is 2.03. The molecule has 0 aliphatic heterocycles. The molecule has 0 unspecified atom stereocenters. The number of hydrogen-bond acceptors (Lipinski definition) is 4. The summed E-state index contributed by atoms with van der Waals surface area (Å²) in [4.78, 5) is 14.7. The molecular formula is C19H22N2O3. The zero-order chi connectivity index (χ0) is 17.2. The van der Waals surface area contributed by atoms with Crippen molar-refractivity contribution in [1.82, 2.24) is 0 Å². The molecule has 0 amide bonds. The van der Waals surface area contributed by atoms with E-state index in [4.69, 9.17) is 4.74 Å². The van der Waals surface area contributed by atoms with Gasteiger partial charge in [0.2, 0.25) is 0 Å². The number of ether oxygens (including phenoxy) is 1.